The SMILES string of the molecule is Cc1ccc(-c2n[nH]c(C)n2)c(NC(=O)COC(=O)c2ccc(-n3cc(-c4ccc(Cl)cc4)cn3)cc2)c1. The van der Waals surface area contributed by atoms with Crippen LogP contribution in [0.2, 0.25) is 5.02 Å². The lowest BCUT2D eigenvalue weighted by Gasteiger charge is -2.11. The number of nitrogens with zero attached hydrogens (tertiary/aromatic N) is 4. The Balaban J connectivity index is 1.20. The summed E-state index contributed by atoms with van der Waals surface area (Å²) in [7, 11) is 0. The number of carbonyl (C=O) groups excluding carboxylic acids is 2. The van der Waals surface area contributed by atoms with Gasteiger partial charge < -0.3 is 10.1 Å². The Morgan fingerprint density at radius 1 is 1.00 bits per heavy atom. The van der Waals surface area contributed by atoms with Gasteiger partial charge in [-0.3, -0.25) is 9.89 Å². The van der Waals surface area contributed by atoms with Crippen molar-refractivity contribution in [2.24, 2.45) is 0 Å². The molecule has 2 heterocycles. The van der Waals surface area contributed by atoms with Crippen molar-refractivity contribution in [2.75, 3.05) is 11.9 Å². The molecule has 0 radical (unpaired) electrons. The van der Waals surface area contributed by atoms with Crippen molar-refractivity contribution in [2.45, 2.75) is 13.8 Å². The van der Waals surface area contributed by atoms with Crippen molar-refractivity contribution in [3.63, 3.8) is 0 Å². The predicted octanol–water partition coefficient (Wildman–Crippen LogP) is 5.39. The molecule has 0 atom stereocenters. The number of aromatic amines is 1. The first-order valence-corrected chi connectivity index (χ1v) is 12.1. The van der Waals surface area contributed by atoms with E-state index >= 15 is 0 Å². The van der Waals surface area contributed by atoms with Crippen LogP contribution in [0.5, 0.6) is 0 Å². The molecule has 0 aliphatic heterocycles. The van der Waals surface area contributed by atoms with E-state index in [0.29, 0.717) is 33.5 Å². The average molecular weight is 527 g/mol. The van der Waals surface area contributed by atoms with Gasteiger partial charge in [0.05, 0.1) is 23.1 Å². The molecule has 0 bridgehead atoms. The van der Waals surface area contributed by atoms with Crippen LogP contribution in [-0.2, 0) is 9.53 Å². The van der Waals surface area contributed by atoms with Crippen LogP contribution in [0.3, 0.4) is 0 Å². The Bertz CT molecular complexity index is 1610. The molecule has 1 amide bonds. The van der Waals surface area contributed by atoms with Gasteiger partial charge in [-0.05, 0) is 73.5 Å². The van der Waals surface area contributed by atoms with Gasteiger partial charge in [-0.25, -0.2) is 14.5 Å². The summed E-state index contributed by atoms with van der Waals surface area (Å²) in [5.41, 5.74) is 5.16. The summed E-state index contributed by atoms with van der Waals surface area (Å²) < 4.78 is 6.95. The van der Waals surface area contributed by atoms with Gasteiger partial charge in [0, 0.05) is 22.3 Å². The first-order chi connectivity index (χ1) is 18.4. The second kappa shape index (κ2) is 10.7. The number of anilines is 1. The highest BCUT2D eigenvalue weighted by atomic mass is 35.5. The average Bonchev–Trinajstić information content (AvgIpc) is 3.58. The van der Waals surface area contributed by atoms with E-state index in [-0.39, 0.29) is 0 Å². The Kier molecular flexibility index (Phi) is 7.01. The number of nitrogens with one attached hydrogen (secondary N) is 2. The molecule has 5 rings (SSSR count). The molecular weight excluding hydrogens is 504 g/mol. The highest BCUT2D eigenvalue weighted by Crippen LogP contribution is 2.26. The predicted molar refractivity (Wildman–Crippen MR) is 144 cm³/mol. The number of H-pyrrole nitrogens is 1. The van der Waals surface area contributed by atoms with Crippen LogP contribution in [0, 0.1) is 13.8 Å². The summed E-state index contributed by atoms with van der Waals surface area (Å²) >= 11 is 5.97. The van der Waals surface area contributed by atoms with Crippen LogP contribution in [0.1, 0.15) is 21.7 Å². The number of carbonyl (C=O) groups is 2. The number of hydrogen-bond acceptors (Lipinski definition) is 6. The standard InChI is InChI=1S/C28H23ClN6O3/c1-17-3-12-24(27-31-18(2)33-34-27)25(13-17)32-26(36)16-38-28(37)20-6-10-23(11-7-20)35-15-21(14-30-35)19-4-8-22(29)9-5-19/h3-15H,16H2,1-2H3,(H,32,36)(H,31,33,34). The largest absolute Gasteiger partial charge is 0.452 e. The highest BCUT2D eigenvalue weighted by molar-refractivity contribution is 6.30. The summed E-state index contributed by atoms with van der Waals surface area (Å²) in [6.07, 6.45) is 3.65. The molecule has 2 N–H and O–H groups in total. The van der Waals surface area contributed by atoms with E-state index in [4.69, 9.17) is 16.3 Å². The second-order valence-electron chi connectivity index (χ2n) is 8.65. The number of halogens is 1. The van der Waals surface area contributed by atoms with Gasteiger partial charge in [0.25, 0.3) is 5.91 Å². The van der Waals surface area contributed by atoms with E-state index in [1.165, 1.54) is 0 Å². The van der Waals surface area contributed by atoms with Crippen molar-refractivity contribution >= 4 is 29.2 Å². The molecule has 2 aromatic heterocycles. The van der Waals surface area contributed by atoms with E-state index in [1.807, 2.05) is 55.6 Å². The van der Waals surface area contributed by atoms with E-state index in [9.17, 15) is 9.59 Å². The second-order valence-corrected chi connectivity index (χ2v) is 9.08. The Morgan fingerprint density at radius 2 is 1.76 bits per heavy atom. The van der Waals surface area contributed by atoms with Crippen LogP contribution in [0.15, 0.2) is 79.1 Å². The normalized spacial score (nSPS) is 10.8. The number of ether oxygens (including phenoxy) is 1. The first-order valence-electron chi connectivity index (χ1n) is 11.7. The zero-order chi connectivity index (χ0) is 26.6. The highest BCUT2D eigenvalue weighted by Gasteiger charge is 2.15. The molecule has 5 aromatic rings. The fourth-order valence-electron chi connectivity index (χ4n) is 3.83. The molecule has 0 unspecified atom stereocenters. The number of aryl methyl sites for hydroxylation is 2. The minimum Gasteiger partial charge on any atom is -0.452 e. The van der Waals surface area contributed by atoms with Crippen molar-refractivity contribution in [1.29, 1.82) is 0 Å². The maximum absolute atomic E-state index is 12.6. The molecular formula is C28H23ClN6O3. The number of hydrogen-bond donors (Lipinski definition) is 2. The van der Waals surface area contributed by atoms with Gasteiger partial charge in [0.2, 0.25) is 0 Å². The molecule has 10 heteroatoms. The molecule has 0 spiro atoms. The van der Waals surface area contributed by atoms with E-state index in [0.717, 1.165) is 22.4 Å². The lowest BCUT2D eigenvalue weighted by atomic mass is 10.1. The number of rotatable bonds is 7. The monoisotopic (exact) mass is 526 g/mol. The zero-order valence-corrected chi connectivity index (χ0v) is 21.4. The quantitative estimate of drug-likeness (QED) is 0.275. The van der Waals surface area contributed by atoms with Crippen LogP contribution < -0.4 is 5.32 Å². The van der Waals surface area contributed by atoms with Crippen molar-refractivity contribution in [1.82, 2.24) is 25.0 Å². The number of amides is 1. The minimum absolute atomic E-state index is 0.319. The molecule has 0 aliphatic rings. The molecule has 9 nitrogen and oxygen atoms in total. The molecule has 0 saturated carbocycles. The smallest absolute Gasteiger partial charge is 0.338 e. The fraction of sp³-hybridized carbons (Fsp3) is 0.107. The molecule has 3 aromatic carbocycles. The van der Waals surface area contributed by atoms with Gasteiger partial charge in [-0.1, -0.05) is 29.8 Å². The van der Waals surface area contributed by atoms with Crippen LogP contribution in [0.25, 0.3) is 28.2 Å². The third kappa shape index (κ3) is 5.63. The summed E-state index contributed by atoms with van der Waals surface area (Å²) in [5.74, 6) is 0.0446. The lowest BCUT2D eigenvalue weighted by molar-refractivity contribution is -0.119. The molecule has 0 fully saturated rings. The molecule has 190 valence electrons. The first kappa shape index (κ1) is 24.9. The number of benzene rings is 3. The van der Waals surface area contributed by atoms with Crippen molar-refractivity contribution in [3.8, 4) is 28.2 Å². The van der Waals surface area contributed by atoms with E-state index in [2.05, 4.69) is 25.6 Å². The van der Waals surface area contributed by atoms with Gasteiger partial charge >= 0.3 is 5.97 Å². The maximum atomic E-state index is 12.6. The summed E-state index contributed by atoms with van der Waals surface area (Å²) in [4.78, 5) is 29.4. The summed E-state index contributed by atoms with van der Waals surface area (Å²) in [5, 5.41) is 14.8. The molecule has 0 saturated heterocycles. The maximum Gasteiger partial charge on any atom is 0.338 e. The topological polar surface area (TPSA) is 115 Å². The van der Waals surface area contributed by atoms with Crippen LogP contribution >= 0.6 is 11.6 Å². The number of aromatic nitrogens is 5. The minimum atomic E-state index is -0.608. The third-order valence-corrected chi connectivity index (χ3v) is 6.00. The van der Waals surface area contributed by atoms with Gasteiger partial charge in [0.1, 0.15) is 5.82 Å². The summed E-state index contributed by atoms with van der Waals surface area (Å²) in [6.45, 7) is 3.27. The van der Waals surface area contributed by atoms with Gasteiger partial charge in [-0.15, -0.1) is 0 Å². The molecule has 0 aliphatic carbocycles. The van der Waals surface area contributed by atoms with Crippen LogP contribution in [0.4, 0.5) is 5.69 Å². The lowest BCUT2D eigenvalue weighted by Crippen LogP contribution is -2.21. The number of esters is 1. The van der Waals surface area contributed by atoms with Gasteiger partial charge in [0.15, 0.2) is 12.4 Å². The fourth-order valence-corrected chi connectivity index (χ4v) is 3.95. The molecule has 38 heavy (non-hydrogen) atoms. The van der Waals surface area contributed by atoms with E-state index < -0.39 is 18.5 Å². The Labute approximate surface area is 223 Å². The van der Waals surface area contributed by atoms with E-state index in [1.54, 1.807) is 42.1 Å². The van der Waals surface area contributed by atoms with Gasteiger partial charge in [-0.2, -0.15) is 10.2 Å². The van der Waals surface area contributed by atoms with Crippen LogP contribution in [-0.4, -0.2) is 43.4 Å². The van der Waals surface area contributed by atoms with Crippen molar-refractivity contribution in [3.05, 3.63) is 101 Å². The van der Waals surface area contributed by atoms with Crippen molar-refractivity contribution < 1.29 is 14.3 Å². The zero-order valence-electron chi connectivity index (χ0n) is 20.6. The summed E-state index contributed by atoms with van der Waals surface area (Å²) in [6, 6.07) is 19.8. The Hall–Kier alpha value is -4.76. The Morgan fingerprint density at radius 3 is 2.47 bits per heavy atom. The third-order valence-electron chi connectivity index (χ3n) is 5.75.